The maximum atomic E-state index is 4.65. The highest BCUT2D eigenvalue weighted by Gasteiger charge is 2.18. The zero-order valence-corrected chi connectivity index (χ0v) is 14.7. The van der Waals surface area contributed by atoms with Gasteiger partial charge in [0.15, 0.2) is 5.65 Å². The Morgan fingerprint density at radius 1 is 1.25 bits per heavy atom. The lowest BCUT2D eigenvalue weighted by Gasteiger charge is -2.20. The Morgan fingerprint density at radius 2 is 2.08 bits per heavy atom. The largest absolute Gasteiger partial charge is 0.362 e. The van der Waals surface area contributed by atoms with E-state index in [9.17, 15) is 0 Å². The van der Waals surface area contributed by atoms with Crippen molar-refractivity contribution in [1.29, 1.82) is 0 Å². The third-order valence-electron chi connectivity index (χ3n) is 4.21. The summed E-state index contributed by atoms with van der Waals surface area (Å²) in [6, 6.07) is 4.27. The second-order valence-corrected chi connectivity index (χ2v) is 6.15. The zero-order chi connectivity index (χ0) is 17.1. The highest BCUT2D eigenvalue weighted by atomic mass is 15.3. The summed E-state index contributed by atoms with van der Waals surface area (Å²) < 4.78 is 1.82. The van der Waals surface area contributed by atoms with Crippen molar-refractivity contribution in [1.82, 2.24) is 24.7 Å². The quantitative estimate of drug-likeness (QED) is 0.748. The van der Waals surface area contributed by atoms with Gasteiger partial charge in [-0.1, -0.05) is 25.8 Å². The molecule has 0 aromatic carbocycles. The van der Waals surface area contributed by atoms with Gasteiger partial charge in [-0.2, -0.15) is 5.10 Å². The van der Waals surface area contributed by atoms with Gasteiger partial charge >= 0.3 is 0 Å². The van der Waals surface area contributed by atoms with E-state index in [-0.39, 0.29) is 6.04 Å². The van der Waals surface area contributed by atoms with Crippen molar-refractivity contribution in [2.24, 2.45) is 7.05 Å². The smallest absolute Gasteiger partial charge is 0.163 e. The molecule has 1 atom stereocenters. The molecule has 6 nitrogen and oxygen atoms in total. The highest BCUT2D eigenvalue weighted by Crippen LogP contribution is 2.29. The van der Waals surface area contributed by atoms with Crippen LogP contribution in [0, 0.1) is 13.8 Å². The van der Waals surface area contributed by atoms with Crippen LogP contribution in [0.1, 0.15) is 49.3 Å². The lowest BCUT2D eigenvalue weighted by atomic mass is 10.0. The number of pyridine rings is 1. The summed E-state index contributed by atoms with van der Waals surface area (Å²) in [5.41, 5.74) is 2.98. The van der Waals surface area contributed by atoms with Gasteiger partial charge < -0.3 is 5.32 Å². The molecule has 0 amide bonds. The molecule has 3 aromatic rings. The first-order chi connectivity index (χ1) is 11.6. The molecular formula is C18H24N6. The van der Waals surface area contributed by atoms with Crippen LogP contribution >= 0.6 is 0 Å². The van der Waals surface area contributed by atoms with Crippen molar-refractivity contribution in [3.05, 3.63) is 41.6 Å². The van der Waals surface area contributed by atoms with Crippen LogP contribution in [0.25, 0.3) is 11.0 Å². The number of unbranched alkanes of at least 4 members (excludes halogenated alkanes) is 1. The standard InChI is InChI=1S/C18H24N6/c1-5-6-9-15(14-8-7-10-19-11-14)22-17-16-12(2)23-24(4)18(16)21-13(3)20-17/h7-8,10-11,15H,5-6,9H2,1-4H3,(H,20,21,22)/t15-/m0/s1. The molecule has 0 aliphatic heterocycles. The van der Waals surface area contributed by atoms with Gasteiger partial charge in [0.25, 0.3) is 0 Å². The Bertz CT molecular complexity index is 824. The van der Waals surface area contributed by atoms with Crippen LogP contribution in [-0.2, 0) is 7.05 Å². The molecule has 0 spiro atoms. The second kappa shape index (κ2) is 6.95. The Kier molecular flexibility index (Phi) is 4.74. The summed E-state index contributed by atoms with van der Waals surface area (Å²) in [4.78, 5) is 13.5. The van der Waals surface area contributed by atoms with Crippen LogP contribution in [0.15, 0.2) is 24.5 Å². The first-order valence-electron chi connectivity index (χ1n) is 8.44. The predicted octanol–water partition coefficient (Wildman–Crippen LogP) is 3.72. The molecule has 0 saturated carbocycles. The fraction of sp³-hybridized carbons (Fsp3) is 0.444. The van der Waals surface area contributed by atoms with E-state index >= 15 is 0 Å². The van der Waals surface area contributed by atoms with Crippen molar-refractivity contribution in [2.45, 2.75) is 46.1 Å². The minimum Gasteiger partial charge on any atom is -0.362 e. The molecule has 0 radical (unpaired) electrons. The first-order valence-corrected chi connectivity index (χ1v) is 8.44. The van der Waals surface area contributed by atoms with E-state index in [1.807, 2.05) is 37.8 Å². The van der Waals surface area contributed by atoms with Crippen molar-refractivity contribution < 1.29 is 0 Å². The fourth-order valence-electron chi connectivity index (χ4n) is 3.03. The van der Waals surface area contributed by atoms with Gasteiger partial charge in [-0.15, -0.1) is 0 Å². The summed E-state index contributed by atoms with van der Waals surface area (Å²) in [6.07, 6.45) is 7.06. The van der Waals surface area contributed by atoms with E-state index < -0.39 is 0 Å². The normalized spacial score (nSPS) is 12.5. The van der Waals surface area contributed by atoms with Crippen LogP contribution < -0.4 is 5.32 Å². The summed E-state index contributed by atoms with van der Waals surface area (Å²) >= 11 is 0. The van der Waals surface area contributed by atoms with Crippen LogP contribution in [-0.4, -0.2) is 24.7 Å². The molecule has 0 fully saturated rings. The lowest BCUT2D eigenvalue weighted by Crippen LogP contribution is -2.13. The SMILES string of the molecule is CCCC[C@H](Nc1nc(C)nc2c1c(C)nn2C)c1cccnc1. The number of hydrogen-bond acceptors (Lipinski definition) is 5. The van der Waals surface area contributed by atoms with Gasteiger partial charge in [0.1, 0.15) is 11.6 Å². The van der Waals surface area contributed by atoms with Crippen LogP contribution in [0.5, 0.6) is 0 Å². The van der Waals surface area contributed by atoms with Crippen LogP contribution in [0.2, 0.25) is 0 Å². The van der Waals surface area contributed by atoms with Crippen molar-refractivity contribution >= 4 is 16.9 Å². The van der Waals surface area contributed by atoms with Crippen molar-refractivity contribution in [3.8, 4) is 0 Å². The molecule has 0 aliphatic rings. The molecule has 24 heavy (non-hydrogen) atoms. The van der Waals surface area contributed by atoms with Crippen molar-refractivity contribution in [3.63, 3.8) is 0 Å². The Labute approximate surface area is 142 Å². The molecule has 3 rings (SSSR count). The monoisotopic (exact) mass is 324 g/mol. The number of aryl methyl sites for hydroxylation is 3. The predicted molar refractivity (Wildman–Crippen MR) is 95.9 cm³/mol. The maximum absolute atomic E-state index is 4.65. The summed E-state index contributed by atoms with van der Waals surface area (Å²) in [5.74, 6) is 1.60. The van der Waals surface area contributed by atoms with Gasteiger partial charge in [0, 0.05) is 19.4 Å². The minimum absolute atomic E-state index is 0.177. The second-order valence-electron chi connectivity index (χ2n) is 6.15. The van der Waals surface area contributed by atoms with E-state index in [0.29, 0.717) is 0 Å². The van der Waals surface area contributed by atoms with E-state index in [0.717, 1.165) is 47.6 Å². The van der Waals surface area contributed by atoms with E-state index in [1.165, 1.54) is 5.56 Å². The molecule has 3 heterocycles. The van der Waals surface area contributed by atoms with E-state index in [2.05, 4.69) is 38.4 Å². The van der Waals surface area contributed by atoms with Gasteiger partial charge in [-0.3, -0.25) is 9.67 Å². The topological polar surface area (TPSA) is 68.5 Å². The molecular weight excluding hydrogens is 300 g/mol. The fourth-order valence-corrected chi connectivity index (χ4v) is 3.03. The summed E-state index contributed by atoms with van der Waals surface area (Å²) in [5, 5.41) is 9.11. The Morgan fingerprint density at radius 3 is 2.79 bits per heavy atom. The number of nitrogens with one attached hydrogen (secondary N) is 1. The summed E-state index contributed by atoms with van der Waals surface area (Å²) in [6.45, 7) is 6.12. The number of hydrogen-bond donors (Lipinski definition) is 1. The van der Waals surface area contributed by atoms with E-state index in [1.54, 1.807) is 6.20 Å². The van der Waals surface area contributed by atoms with Gasteiger partial charge in [-0.25, -0.2) is 9.97 Å². The third kappa shape index (κ3) is 3.22. The molecule has 0 aliphatic carbocycles. The molecule has 0 bridgehead atoms. The van der Waals surface area contributed by atoms with Crippen LogP contribution in [0.4, 0.5) is 5.82 Å². The molecule has 0 saturated heterocycles. The van der Waals surface area contributed by atoms with Gasteiger partial charge in [0.05, 0.1) is 17.1 Å². The average Bonchev–Trinajstić information content (AvgIpc) is 2.86. The van der Waals surface area contributed by atoms with Gasteiger partial charge in [-0.05, 0) is 31.9 Å². The Balaban J connectivity index is 2.02. The lowest BCUT2D eigenvalue weighted by molar-refractivity contribution is 0.631. The first kappa shape index (κ1) is 16.4. The Hall–Kier alpha value is -2.50. The molecule has 126 valence electrons. The molecule has 0 unspecified atom stereocenters. The molecule has 1 N–H and O–H groups in total. The average molecular weight is 324 g/mol. The zero-order valence-electron chi connectivity index (χ0n) is 14.7. The van der Waals surface area contributed by atoms with Crippen LogP contribution in [0.3, 0.4) is 0 Å². The number of rotatable bonds is 6. The number of fused-ring (bicyclic) bond motifs is 1. The number of aromatic nitrogens is 5. The molecule has 6 heteroatoms. The minimum atomic E-state index is 0.177. The molecule has 3 aromatic heterocycles. The third-order valence-corrected chi connectivity index (χ3v) is 4.21. The highest BCUT2D eigenvalue weighted by molar-refractivity contribution is 5.89. The van der Waals surface area contributed by atoms with E-state index in [4.69, 9.17) is 0 Å². The summed E-state index contributed by atoms with van der Waals surface area (Å²) in [7, 11) is 1.92. The maximum Gasteiger partial charge on any atom is 0.163 e. The van der Waals surface area contributed by atoms with Gasteiger partial charge in [0.2, 0.25) is 0 Å². The number of nitrogens with zero attached hydrogens (tertiary/aromatic N) is 5. The van der Waals surface area contributed by atoms with Crippen molar-refractivity contribution in [2.75, 3.05) is 5.32 Å². The number of anilines is 1.